The maximum absolute atomic E-state index is 11.8. The number of nitrogens with one attached hydrogen (secondary N) is 1. The first kappa shape index (κ1) is 14.2. The molecule has 0 spiro atoms. The Morgan fingerprint density at radius 2 is 2.30 bits per heavy atom. The molecule has 5 nitrogen and oxygen atoms in total. The lowest BCUT2D eigenvalue weighted by molar-refractivity contribution is 0.0945. The Morgan fingerprint density at radius 1 is 1.40 bits per heavy atom. The Morgan fingerprint density at radius 3 is 2.95 bits per heavy atom. The van der Waals surface area contributed by atoms with Crippen molar-refractivity contribution < 1.29 is 9.90 Å². The van der Waals surface area contributed by atoms with Crippen LogP contribution in [0, 0.1) is 11.8 Å². The molecule has 0 aliphatic rings. The van der Waals surface area contributed by atoms with Crippen molar-refractivity contribution in [2.45, 2.75) is 13.0 Å². The van der Waals surface area contributed by atoms with E-state index in [9.17, 15) is 4.79 Å². The summed E-state index contributed by atoms with van der Waals surface area (Å²) in [6.45, 7) is 0.430. The Labute approximate surface area is 120 Å². The van der Waals surface area contributed by atoms with E-state index in [-0.39, 0.29) is 12.5 Å². The normalized spacial score (nSPS) is 9.65. The lowest BCUT2D eigenvalue weighted by atomic mass is 10.2. The SMILES string of the molecule is O=C(NCc1cscn1)c1ccc(C#CCCO)cn1. The fourth-order valence-electron chi connectivity index (χ4n) is 1.41. The van der Waals surface area contributed by atoms with Crippen LogP contribution in [0.15, 0.2) is 29.2 Å². The minimum Gasteiger partial charge on any atom is -0.395 e. The lowest BCUT2D eigenvalue weighted by Gasteiger charge is -2.02. The molecule has 20 heavy (non-hydrogen) atoms. The van der Waals surface area contributed by atoms with Crippen molar-refractivity contribution in [2.75, 3.05) is 6.61 Å². The van der Waals surface area contributed by atoms with Gasteiger partial charge < -0.3 is 10.4 Å². The molecule has 0 unspecified atom stereocenters. The lowest BCUT2D eigenvalue weighted by Crippen LogP contribution is -2.23. The maximum atomic E-state index is 11.8. The number of aliphatic hydroxyl groups excluding tert-OH is 1. The van der Waals surface area contributed by atoms with E-state index in [2.05, 4.69) is 27.1 Å². The number of pyridine rings is 1. The van der Waals surface area contributed by atoms with Crippen molar-refractivity contribution >= 4 is 17.2 Å². The predicted molar refractivity (Wildman–Crippen MR) is 76.1 cm³/mol. The smallest absolute Gasteiger partial charge is 0.270 e. The molecule has 2 rings (SSSR count). The van der Waals surface area contributed by atoms with Gasteiger partial charge in [0.25, 0.3) is 5.91 Å². The van der Waals surface area contributed by atoms with Gasteiger partial charge in [-0.15, -0.1) is 11.3 Å². The quantitative estimate of drug-likeness (QED) is 0.829. The fraction of sp³-hybridized carbons (Fsp3) is 0.214. The second-order valence-corrected chi connectivity index (χ2v) is 4.59. The van der Waals surface area contributed by atoms with Crippen LogP contribution in [-0.2, 0) is 6.54 Å². The largest absolute Gasteiger partial charge is 0.395 e. The highest BCUT2D eigenvalue weighted by Crippen LogP contribution is 2.02. The summed E-state index contributed by atoms with van der Waals surface area (Å²) in [5, 5.41) is 13.3. The summed E-state index contributed by atoms with van der Waals surface area (Å²) in [5.41, 5.74) is 3.61. The third-order valence-corrected chi connectivity index (χ3v) is 3.01. The van der Waals surface area contributed by atoms with Crippen molar-refractivity contribution in [1.29, 1.82) is 0 Å². The summed E-state index contributed by atoms with van der Waals surface area (Å²) < 4.78 is 0. The second-order valence-electron chi connectivity index (χ2n) is 3.87. The topological polar surface area (TPSA) is 75.1 Å². The van der Waals surface area contributed by atoms with E-state index < -0.39 is 0 Å². The molecule has 0 saturated heterocycles. The summed E-state index contributed by atoms with van der Waals surface area (Å²) in [5.74, 6) is 5.41. The summed E-state index contributed by atoms with van der Waals surface area (Å²) in [6, 6.07) is 3.36. The highest BCUT2D eigenvalue weighted by atomic mass is 32.1. The Balaban J connectivity index is 1.92. The van der Waals surface area contributed by atoms with E-state index >= 15 is 0 Å². The summed E-state index contributed by atoms with van der Waals surface area (Å²) in [6.07, 6.45) is 1.97. The van der Waals surface area contributed by atoms with Crippen LogP contribution in [0.25, 0.3) is 0 Å². The van der Waals surface area contributed by atoms with Gasteiger partial charge in [-0.25, -0.2) is 9.97 Å². The zero-order chi connectivity index (χ0) is 14.2. The summed E-state index contributed by atoms with van der Waals surface area (Å²) >= 11 is 1.49. The van der Waals surface area contributed by atoms with Crippen LogP contribution < -0.4 is 5.32 Å². The molecule has 0 saturated carbocycles. The van der Waals surface area contributed by atoms with Crippen LogP contribution in [-0.4, -0.2) is 27.6 Å². The van der Waals surface area contributed by atoms with E-state index in [1.54, 1.807) is 23.8 Å². The van der Waals surface area contributed by atoms with Crippen molar-refractivity contribution in [3.8, 4) is 11.8 Å². The Hall–Kier alpha value is -2.23. The number of amides is 1. The minimum absolute atomic E-state index is 0.0392. The zero-order valence-electron chi connectivity index (χ0n) is 10.7. The van der Waals surface area contributed by atoms with E-state index in [1.807, 2.05) is 5.38 Å². The standard InChI is InChI=1S/C14H13N3O2S/c18-6-2-1-3-11-4-5-13(15-7-11)14(19)16-8-12-9-20-10-17-12/h4-5,7,9-10,18H,2,6,8H2,(H,16,19). The monoisotopic (exact) mass is 287 g/mol. The molecular formula is C14H13N3O2S. The predicted octanol–water partition coefficient (Wildman–Crippen LogP) is 1.20. The highest BCUT2D eigenvalue weighted by molar-refractivity contribution is 7.07. The van der Waals surface area contributed by atoms with Crippen LogP contribution in [0.2, 0.25) is 0 Å². The first-order chi connectivity index (χ1) is 9.79. The summed E-state index contributed by atoms with van der Waals surface area (Å²) in [7, 11) is 0. The molecule has 1 amide bonds. The van der Waals surface area contributed by atoms with Crippen molar-refractivity contribution in [1.82, 2.24) is 15.3 Å². The van der Waals surface area contributed by atoms with E-state index in [0.717, 1.165) is 11.3 Å². The molecule has 0 aromatic carbocycles. The van der Waals surface area contributed by atoms with Crippen LogP contribution in [0.5, 0.6) is 0 Å². The van der Waals surface area contributed by atoms with E-state index in [1.165, 1.54) is 11.3 Å². The first-order valence-corrected chi connectivity index (χ1v) is 6.95. The number of hydrogen-bond donors (Lipinski definition) is 2. The Kier molecular flexibility index (Phi) is 5.24. The Bertz CT molecular complexity index is 612. The number of aliphatic hydroxyl groups is 1. The summed E-state index contributed by atoms with van der Waals surface area (Å²) in [4.78, 5) is 20.0. The van der Waals surface area contributed by atoms with Crippen LogP contribution >= 0.6 is 11.3 Å². The number of rotatable bonds is 4. The molecule has 0 aliphatic heterocycles. The van der Waals surface area contributed by atoms with Crippen molar-refractivity contribution in [3.05, 3.63) is 46.2 Å². The highest BCUT2D eigenvalue weighted by Gasteiger charge is 2.06. The average molecular weight is 287 g/mol. The van der Waals surface area contributed by atoms with Gasteiger partial charge in [0.15, 0.2) is 0 Å². The molecule has 0 bridgehead atoms. The van der Waals surface area contributed by atoms with Gasteiger partial charge in [-0.3, -0.25) is 4.79 Å². The molecule has 102 valence electrons. The molecule has 2 aromatic heterocycles. The van der Waals surface area contributed by atoms with Gasteiger partial charge in [-0.1, -0.05) is 11.8 Å². The van der Waals surface area contributed by atoms with Gasteiger partial charge in [0.2, 0.25) is 0 Å². The van der Waals surface area contributed by atoms with Gasteiger partial charge in [0.05, 0.1) is 24.4 Å². The van der Waals surface area contributed by atoms with Gasteiger partial charge in [0.1, 0.15) is 5.69 Å². The molecule has 2 aromatic rings. The van der Waals surface area contributed by atoms with E-state index in [0.29, 0.717) is 18.7 Å². The first-order valence-electron chi connectivity index (χ1n) is 6.00. The molecule has 0 radical (unpaired) electrons. The van der Waals surface area contributed by atoms with Crippen LogP contribution in [0.1, 0.15) is 28.2 Å². The molecule has 2 N–H and O–H groups in total. The molecule has 0 fully saturated rings. The second kappa shape index (κ2) is 7.38. The van der Waals surface area contributed by atoms with Gasteiger partial charge in [-0.2, -0.15) is 0 Å². The number of aromatic nitrogens is 2. The number of thiazole rings is 1. The maximum Gasteiger partial charge on any atom is 0.270 e. The number of nitrogens with zero attached hydrogens (tertiary/aromatic N) is 2. The van der Waals surface area contributed by atoms with Gasteiger partial charge in [-0.05, 0) is 12.1 Å². The number of carbonyl (C=O) groups excluding carboxylic acids is 1. The van der Waals surface area contributed by atoms with Crippen LogP contribution in [0.3, 0.4) is 0 Å². The number of hydrogen-bond acceptors (Lipinski definition) is 5. The molecule has 0 atom stereocenters. The van der Waals surface area contributed by atoms with Crippen molar-refractivity contribution in [2.24, 2.45) is 0 Å². The van der Waals surface area contributed by atoms with Gasteiger partial charge >= 0.3 is 0 Å². The third kappa shape index (κ3) is 4.16. The minimum atomic E-state index is -0.243. The fourth-order valence-corrected chi connectivity index (χ4v) is 1.97. The van der Waals surface area contributed by atoms with Crippen molar-refractivity contribution in [3.63, 3.8) is 0 Å². The average Bonchev–Trinajstić information content (AvgIpc) is 2.99. The van der Waals surface area contributed by atoms with Crippen LogP contribution in [0.4, 0.5) is 0 Å². The molecule has 0 aliphatic carbocycles. The molecule has 6 heteroatoms. The van der Waals surface area contributed by atoms with E-state index in [4.69, 9.17) is 5.11 Å². The molecular weight excluding hydrogens is 274 g/mol. The van der Waals surface area contributed by atoms with Gasteiger partial charge in [0, 0.05) is 23.6 Å². The molecule has 2 heterocycles. The number of carbonyl (C=O) groups is 1. The zero-order valence-corrected chi connectivity index (χ0v) is 11.5. The third-order valence-electron chi connectivity index (χ3n) is 2.38.